The number of fused-ring (bicyclic) bond motifs is 1. The zero-order valence-corrected chi connectivity index (χ0v) is 16.7. The second-order valence-corrected chi connectivity index (χ2v) is 7.84. The molecule has 148 valence electrons. The average Bonchev–Trinajstić information content (AvgIpc) is 3.13. The van der Waals surface area contributed by atoms with Crippen LogP contribution in [0.5, 0.6) is 0 Å². The van der Waals surface area contributed by atoms with E-state index in [0.29, 0.717) is 17.4 Å². The van der Waals surface area contributed by atoms with Crippen LogP contribution in [0.1, 0.15) is 74.6 Å². The molecule has 3 aromatic rings. The van der Waals surface area contributed by atoms with Gasteiger partial charge < -0.3 is 11.1 Å². The SMILES string of the molecule is CCCCNc1nc(N)c2ncc(Cc3ccc(C4CCCCC4)cc3)n2n1. The summed E-state index contributed by atoms with van der Waals surface area (Å²) in [6, 6.07) is 9.09. The van der Waals surface area contributed by atoms with Gasteiger partial charge in [0.1, 0.15) is 0 Å². The molecule has 0 amide bonds. The summed E-state index contributed by atoms with van der Waals surface area (Å²) >= 11 is 0. The molecule has 28 heavy (non-hydrogen) atoms. The van der Waals surface area contributed by atoms with Gasteiger partial charge in [-0.05, 0) is 36.3 Å². The smallest absolute Gasteiger partial charge is 0.243 e. The van der Waals surface area contributed by atoms with Crippen molar-refractivity contribution < 1.29 is 0 Å². The predicted molar refractivity (Wildman–Crippen MR) is 114 cm³/mol. The molecule has 0 bridgehead atoms. The number of aromatic nitrogens is 4. The maximum absolute atomic E-state index is 6.10. The maximum Gasteiger partial charge on any atom is 0.243 e. The van der Waals surface area contributed by atoms with Gasteiger partial charge in [0.2, 0.25) is 5.95 Å². The molecule has 0 saturated heterocycles. The summed E-state index contributed by atoms with van der Waals surface area (Å²) in [6.45, 7) is 3.00. The first-order chi connectivity index (χ1) is 13.7. The van der Waals surface area contributed by atoms with Crippen molar-refractivity contribution in [2.24, 2.45) is 0 Å². The molecule has 1 aliphatic carbocycles. The van der Waals surface area contributed by atoms with E-state index in [2.05, 4.69) is 51.6 Å². The third kappa shape index (κ3) is 4.11. The molecule has 1 aromatic carbocycles. The molecule has 6 nitrogen and oxygen atoms in total. The second-order valence-electron chi connectivity index (χ2n) is 7.84. The molecule has 3 N–H and O–H groups in total. The van der Waals surface area contributed by atoms with E-state index in [1.54, 1.807) is 0 Å². The molecule has 2 aromatic heterocycles. The Balaban J connectivity index is 1.52. The highest BCUT2D eigenvalue weighted by molar-refractivity contribution is 5.61. The number of hydrogen-bond donors (Lipinski definition) is 2. The number of benzene rings is 1. The Hall–Kier alpha value is -2.63. The highest BCUT2D eigenvalue weighted by Gasteiger charge is 2.16. The second kappa shape index (κ2) is 8.59. The Kier molecular flexibility index (Phi) is 5.74. The molecule has 1 aliphatic rings. The Morgan fingerprint density at radius 3 is 2.68 bits per heavy atom. The van der Waals surface area contributed by atoms with E-state index >= 15 is 0 Å². The van der Waals surface area contributed by atoms with Gasteiger partial charge in [-0.1, -0.05) is 56.9 Å². The van der Waals surface area contributed by atoms with Crippen molar-refractivity contribution in [1.29, 1.82) is 0 Å². The summed E-state index contributed by atoms with van der Waals surface area (Å²) in [5, 5.41) is 7.86. The minimum Gasteiger partial charge on any atom is -0.380 e. The van der Waals surface area contributed by atoms with Gasteiger partial charge in [0.05, 0.1) is 11.9 Å². The lowest BCUT2D eigenvalue weighted by molar-refractivity contribution is 0.443. The van der Waals surface area contributed by atoms with Gasteiger partial charge in [0.15, 0.2) is 11.5 Å². The van der Waals surface area contributed by atoms with Crippen LogP contribution in [0.25, 0.3) is 5.65 Å². The van der Waals surface area contributed by atoms with Crippen LogP contribution < -0.4 is 11.1 Å². The van der Waals surface area contributed by atoms with E-state index in [1.165, 1.54) is 43.2 Å². The topological polar surface area (TPSA) is 81.1 Å². The van der Waals surface area contributed by atoms with E-state index in [4.69, 9.17) is 5.73 Å². The summed E-state index contributed by atoms with van der Waals surface area (Å²) in [6.07, 6.45) is 11.6. The van der Waals surface area contributed by atoms with Gasteiger partial charge in [-0.15, -0.1) is 5.10 Å². The Morgan fingerprint density at radius 2 is 1.93 bits per heavy atom. The molecule has 2 heterocycles. The lowest BCUT2D eigenvalue weighted by Crippen LogP contribution is -2.11. The zero-order valence-electron chi connectivity index (χ0n) is 16.7. The zero-order chi connectivity index (χ0) is 19.3. The lowest BCUT2D eigenvalue weighted by Gasteiger charge is -2.22. The fourth-order valence-electron chi connectivity index (χ4n) is 4.07. The highest BCUT2D eigenvalue weighted by atomic mass is 15.3. The number of nitrogen functional groups attached to an aromatic ring is 1. The number of anilines is 2. The van der Waals surface area contributed by atoms with E-state index < -0.39 is 0 Å². The summed E-state index contributed by atoms with van der Waals surface area (Å²) in [4.78, 5) is 8.76. The molecule has 0 atom stereocenters. The van der Waals surface area contributed by atoms with Gasteiger partial charge in [-0.3, -0.25) is 0 Å². The van der Waals surface area contributed by atoms with Crippen LogP contribution in [0.15, 0.2) is 30.5 Å². The van der Waals surface area contributed by atoms with Gasteiger partial charge in [-0.2, -0.15) is 4.98 Å². The number of imidazole rings is 1. The Bertz CT molecular complexity index is 909. The molecule has 1 saturated carbocycles. The first kappa shape index (κ1) is 18.7. The van der Waals surface area contributed by atoms with E-state index in [0.717, 1.165) is 37.4 Å². The van der Waals surface area contributed by atoms with Gasteiger partial charge >= 0.3 is 0 Å². The number of nitrogens with two attached hydrogens (primary N) is 1. The summed E-state index contributed by atoms with van der Waals surface area (Å²) < 4.78 is 1.83. The molecule has 6 heteroatoms. The van der Waals surface area contributed by atoms with Crippen molar-refractivity contribution in [3.63, 3.8) is 0 Å². The molecule has 0 unspecified atom stereocenters. The van der Waals surface area contributed by atoms with Crippen molar-refractivity contribution in [3.05, 3.63) is 47.3 Å². The summed E-state index contributed by atoms with van der Waals surface area (Å²) in [5.41, 5.74) is 10.5. The van der Waals surface area contributed by atoms with Gasteiger partial charge in [-0.25, -0.2) is 9.50 Å². The molecule has 0 spiro atoms. The van der Waals surface area contributed by atoms with Crippen LogP contribution in [0, 0.1) is 0 Å². The van der Waals surface area contributed by atoms with E-state index in [9.17, 15) is 0 Å². The van der Waals surface area contributed by atoms with Crippen LogP contribution >= 0.6 is 0 Å². The monoisotopic (exact) mass is 378 g/mol. The number of hydrogen-bond acceptors (Lipinski definition) is 5. The number of nitrogens with zero attached hydrogens (tertiary/aromatic N) is 4. The van der Waals surface area contributed by atoms with Gasteiger partial charge in [0, 0.05) is 13.0 Å². The van der Waals surface area contributed by atoms with Crippen molar-refractivity contribution in [3.8, 4) is 0 Å². The van der Waals surface area contributed by atoms with Gasteiger partial charge in [0.25, 0.3) is 0 Å². The van der Waals surface area contributed by atoms with Crippen molar-refractivity contribution in [2.45, 2.75) is 64.2 Å². The van der Waals surface area contributed by atoms with Crippen LogP contribution in [-0.2, 0) is 6.42 Å². The van der Waals surface area contributed by atoms with E-state index in [1.807, 2.05) is 10.7 Å². The molecule has 4 rings (SSSR count). The van der Waals surface area contributed by atoms with Crippen molar-refractivity contribution >= 4 is 17.4 Å². The molecule has 0 radical (unpaired) electrons. The average molecular weight is 379 g/mol. The van der Waals surface area contributed by atoms with Crippen molar-refractivity contribution in [1.82, 2.24) is 19.6 Å². The van der Waals surface area contributed by atoms with E-state index in [-0.39, 0.29) is 0 Å². The minimum atomic E-state index is 0.410. The predicted octanol–water partition coefficient (Wildman–Crippen LogP) is 4.56. The lowest BCUT2D eigenvalue weighted by atomic mass is 9.84. The normalized spacial score (nSPS) is 15.2. The van der Waals surface area contributed by atoms with Crippen LogP contribution in [-0.4, -0.2) is 26.1 Å². The number of unbranched alkanes of at least 4 members (excludes halogenated alkanes) is 1. The largest absolute Gasteiger partial charge is 0.380 e. The molecule has 1 fully saturated rings. The summed E-state index contributed by atoms with van der Waals surface area (Å²) in [5.74, 6) is 1.71. The summed E-state index contributed by atoms with van der Waals surface area (Å²) in [7, 11) is 0. The molecule has 0 aliphatic heterocycles. The van der Waals surface area contributed by atoms with Crippen LogP contribution in [0.4, 0.5) is 11.8 Å². The first-order valence-corrected chi connectivity index (χ1v) is 10.6. The Morgan fingerprint density at radius 1 is 1.14 bits per heavy atom. The standard InChI is InChI=1S/C22H30N6/c1-2-3-13-24-22-26-20(23)21-25-15-19(28(21)27-22)14-16-9-11-18(12-10-16)17-7-5-4-6-8-17/h9-12,15,17H,2-8,13-14H2,1H3,(H3,23,24,26,27). The van der Waals surface area contributed by atoms with Crippen molar-refractivity contribution in [2.75, 3.05) is 17.6 Å². The first-order valence-electron chi connectivity index (χ1n) is 10.6. The fourth-order valence-corrected chi connectivity index (χ4v) is 4.07. The third-order valence-electron chi connectivity index (χ3n) is 5.71. The maximum atomic E-state index is 6.10. The fraction of sp³-hybridized carbons (Fsp3) is 0.500. The number of nitrogens with one attached hydrogen (secondary N) is 1. The molecular formula is C22H30N6. The Labute approximate surface area is 166 Å². The van der Waals surface area contributed by atoms with Crippen LogP contribution in [0.2, 0.25) is 0 Å². The highest BCUT2D eigenvalue weighted by Crippen LogP contribution is 2.32. The quantitative estimate of drug-likeness (QED) is 0.589. The van der Waals surface area contributed by atoms with Crippen LogP contribution in [0.3, 0.4) is 0 Å². The number of rotatable bonds is 7. The molecular weight excluding hydrogens is 348 g/mol. The minimum absolute atomic E-state index is 0.410. The third-order valence-corrected chi connectivity index (χ3v) is 5.71.